The van der Waals surface area contributed by atoms with Crippen LogP contribution in [0.1, 0.15) is 12.8 Å². The lowest BCUT2D eigenvalue weighted by Gasteiger charge is -2.39. The van der Waals surface area contributed by atoms with Gasteiger partial charge in [0.1, 0.15) is 10.6 Å². The van der Waals surface area contributed by atoms with Crippen molar-refractivity contribution in [2.24, 2.45) is 0 Å². The molecule has 1 heterocycles. The summed E-state index contributed by atoms with van der Waals surface area (Å²) >= 11 is 0. The Morgan fingerprint density at radius 2 is 1.72 bits per heavy atom. The minimum Gasteiger partial charge on any atom is -0.495 e. The largest absolute Gasteiger partial charge is 0.495 e. The fraction of sp³-hybridized carbons (Fsp3) is 0.600. The molecular formula is C15H24N2O6S2. The van der Waals surface area contributed by atoms with Gasteiger partial charge < -0.3 is 9.47 Å². The maximum Gasteiger partial charge on any atom is 0.244 e. The third kappa shape index (κ3) is 4.70. The highest BCUT2D eigenvalue weighted by Crippen LogP contribution is 2.28. The van der Waals surface area contributed by atoms with Crippen LogP contribution in [0.3, 0.4) is 0 Å². The van der Waals surface area contributed by atoms with Gasteiger partial charge in [-0.15, -0.1) is 0 Å². The van der Waals surface area contributed by atoms with E-state index < -0.39 is 25.6 Å². The Hall–Kier alpha value is -1.20. The second kappa shape index (κ2) is 7.58. The van der Waals surface area contributed by atoms with Crippen LogP contribution in [0.5, 0.6) is 5.75 Å². The van der Waals surface area contributed by atoms with Crippen molar-refractivity contribution < 1.29 is 26.3 Å². The summed E-state index contributed by atoms with van der Waals surface area (Å²) in [5, 5.41) is 0. The van der Waals surface area contributed by atoms with Crippen molar-refractivity contribution >= 4 is 20.0 Å². The van der Waals surface area contributed by atoms with Gasteiger partial charge in [0.15, 0.2) is 0 Å². The molecule has 1 aromatic carbocycles. The van der Waals surface area contributed by atoms with Gasteiger partial charge in [-0.2, -0.15) is 0 Å². The molecule has 0 aromatic heterocycles. The number of ether oxygens (including phenoxy) is 2. The quantitative estimate of drug-likeness (QED) is 0.721. The summed E-state index contributed by atoms with van der Waals surface area (Å²) in [5.41, 5.74) is -0.740. The van der Waals surface area contributed by atoms with E-state index >= 15 is 0 Å². The highest BCUT2D eigenvalue weighted by molar-refractivity contribution is 7.89. The lowest BCUT2D eigenvalue weighted by atomic mass is 9.92. The zero-order valence-corrected chi connectivity index (χ0v) is 16.2. The molecule has 0 atom stereocenters. The van der Waals surface area contributed by atoms with Crippen LogP contribution < -0.4 is 9.46 Å². The van der Waals surface area contributed by atoms with Crippen LogP contribution in [0.15, 0.2) is 29.2 Å². The van der Waals surface area contributed by atoms with Crippen molar-refractivity contribution in [3.05, 3.63) is 24.3 Å². The smallest absolute Gasteiger partial charge is 0.244 e. The van der Waals surface area contributed by atoms with Crippen molar-refractivity contribution in [3.63, 3.8) is 0 Å². The van der Waals surface area contributed by atoms with E-state index in [0.29, 0.717) is 25.9 Å². The van der Waals surface area contributed by atoms with Crippen LogP contribution >= 0.6 is 0 Å². The number of hydrogen-bond donors (Lipinski definition) is 1. The minimum absolute atomic E-state index is 0.0531. The number of nitrogens with one attached hydrogen (secondary N) is 1. The average molecular weight is 392 g/mol. The molecule has 0 aliphatic carbocycles. The molecule has 1 aliphatic heterocycles. The summed E-state index contributed by atoms with van der Waals surface area (Å²) in [6.45, 7) is 0.646. The van der Waals surface area contributed by atoms with Gasteiger partial charge in [-0.3, -0.25) is 0 Å². The first-order chi connectivity index (χ1) is 11.6. The fourth-order valence-corrected chi connectivity index (χ4v) is 4.95. The summed E-state index contributed by atoms with van der Waals surface area (Å²) in [6.07, 6.45) is 1.98. The predicted molar refractivity (Wildman–Crippen MR) is 93.6 cm³/mol. The van der Waals surface area contributed by atoms with Crippen LogP contribution in [0.4, 0.5) is 0 Å². The zero-order valence-electron chi connectivity index (χ0n) is 14.6. The third-order valence-corrected chi connectivity index (χ3v) is 7.22. The molecule has 1 aromatic rings. The molecule has 1 fully saturated rings. The Kier molecular flexibility index (Phi) is 6.10. The van der Waals surface area contributed by atoms with Crippen LogP contribution in [0.2, 0.25) is 0 Å². The van der Waals surface area contributed by atoms with Gasteiger partial charge >= 0.3 is 0 Å². The maximum absolute atomic E-state index is 12.6. The van der Waals surface area contributed by atoms with E-state index in [1.165, 1.54) is 24.6 Å². The van der Waals surface area contributed by atoms with Gasteiger partial charge in [-0.05, 0) is 25.0 Å². The highest BCUT2D eigenvalue weighted by Gasteiger charge is 2.38. The van der Waals surface area contributed by atoms with E-state index in [2.05, 4.69) is 4.72 Å². The summed E-state index contributed by atoms with van der Waals surface area (Å²) in [5.74, 6) is 0.258. The number of nitrogens with zero attached hydrogens (tertiary/aromatic N) is 1. The Morgan fingerprint density at radius 3 is 2.24 bits per heavy atom. The summed E-state index contributed by atoms with van der Waals surface area (Å²) in [4.78, 5) is 0.0531. The fourth-order valence-electron chi connectivity index (χ4n) is 2.82. The monoisotopic (exact) mass is 392 g/mol. The predicted octanol–water partition coefficient (Wildman–Crippen LogP) is 0.414. The Morgan fingerprint density at radius 1 is 1.12 bits per heavy atom. The van der Waals surface area contributed by atoms with Crippen molar-refractivity contribution in [1.29, 1.82) is 0 Å². The number of para-hydroxylation sites is 1. The molecule has 1 saturated heterocycles. The molecule has 0 amide bonds. The number of sulfonamides is 2. The van der Waals surface area contributed by atoms with Crippen molar-refractivity contribution in [3.8, 4) is 5.75 Å². The normalized spacial score (nSPS) is 18.8. The van der Waals surface area contributed by atoms with Crippen molar-refractivity contribution in [1.82, 2.24) is 9.03 Å². The van der Waals surface area contributed by atoms with Gasteiger partial charge in [0.25, 0.3) is 0 Å². The standard InChI is InChI=1S/C15H24N2O6S2/c1-22-13-6-4-5-7-14(13)25(20,21)16-12-15(23-2)8-10-17(11-9-15)24(3,18)19/h4-7,16H,8-12H2,1-3H3. The average Bonchev–Trinajstić information content (AvgIpc) is 2.59. The van der Waals surface area contributed by atoms with Crippen LogP contribution in [-0.2, 0) is 24.8 Å². The second-order valence-electron chi connectivity index (χ2n) is 6.02. The molecule has 0 unspecified atom stereocenters. The Balaban J connectivity index is 2.11. The van der Waals surface area contributed by atoms with Gasteiger partial charge in [0.2, 0.25) is 20.0 Å². The van der Waals surface area contributed by atoms with Gasteiger partial charge in [0.05, 0.1) is 19.0 Å². The first-order valence-electron chi connectivity index (χ1n) is 7.76. The summed E-state index contributed by atoms with van der Waals surface area (Å²) in [7, 11) is -4.12. The number of benzene rings is 1. The third-order valence-electron chi connectivity index (χ3n) is 4.48. The number of rotatable bonds is 7. The lowest BCUT2D eigenvalue weighted by molar-refractivity contribution is -0.0401. The SMILES string of the molecule is COc1ccccc1S(=O)(=O)NCC1(OC)CCN(S(C)(=O)=O)CC1. The van der Waals surface area contributed by atoms with Gasteiger partial charge in [0, 0.05) is 26.7 Å². The Labute approximate surface area is 149 Å². The van der Waals surface area contributed by atoms with E-state index in [1.807, 2.05) is 0 Å². The lowest BCUT2D eigenvalue weighted by Crippen LogP contribution is -2.52. The van der Waals surface area contributed by atoms with Crippen LogP contribution in [0, 0.1) is 0 Å². The molecule has 8 nitrogen and oxygen atoms in total. The van der Waals surface area contributed by atoms with E-state index in [0.717, 1.165) is 6.26 Å². The topological polar surface area (TPSA) is 102 Å². The maximum atomic E-state index is 12.6. The molecular weight excluding hydrogens is 368 g/mol. The molecule has 10 heteroatoms. The number of methoxy groups -OCH3 is 2. The van der Waals surface area contributed by atoms with Crippen molar-refractivity contribution in [2.75, 3.05) is 40.1 Å². The summed E-state index contributed by atoms with van der Waals surface area (Å²) < 4.78 is 63.0. The second-order valence-corrected chi connectivity index (χ2v) is 9.74. The molecule has 0 radical (unpaired) electrons. The Bertz CT molecular complexity index is 799. The van der Waals surface area contributed by atoms with Crippen LogP contribution in [0.25, 0.3) is 0 Å². The molecule has 25 heavy (non-hydrogen) atoms. The summed E-state index contributed by atoms with van der Waals surface area (Å²) in [6, 6.07) is 6.35. The van der Waals surface area contributed by atoms with Gasteiger partial charge in [-0.25, -0.2) is 25.9 Å². The molecule has 2 rings (SSSR count). The molecule has 0 bridgehead atoms. The zero-order chi connectivity index (χ0) is 18.7. The van der Waals surface area contributed by atoms with E-state index in [1.54, 1.807) is 18.2 Å². The number of piperidine rings is 1. The van der Waals surface area contributed by atoms with E-state index in [4.69, 9.17) is 9.47 Å². The molecule has 1 N–H and O–H groups in total. The first-order valence-corrected chi connectivity index (χ1v) is 11.1. The number of hydrogen-bond acceptors (Lipinski definition) is 6. The van der Waals surface area contributed by atoms with Gasteiger partial charge in [-0.1, -0.05) is 12.1 Å². The van der Waals surface area contributed by atoms with Crippen LogP contribution in [-0.4, -0.2) is 66.9 Å². The van der Waals surface area contributed by atoms with Crippen molar-refractivity contribution in [2.45, 2.75) is 23.3 Å². The molecule has 1 aliphatic rings. The highest BCUT2D eigenvalue weighted by atomic mass is 32.2. The first kappa shape index (κ1) is 20.1. The molecule has 142 valence electrons. The van der Waals surface area contributed by atoms with E-state index in [9.17, 15) is 16.8 Å². The molecule has 0 spiro atoms. The molecule has 0 saturated carbocycles. The minimum atomic E-state index is -3.78. The van der Waals surface area contributed by atoms with E-state index in [-0.39, 0.29) is 17.2 Å².